The van der Waals surface area contributed by atoms with Crippen molar-refractivity contribution in [1.82, 2.24) is 4.98 Å². The van der Waals surface area contributed by atoms with Crippen molar-refractivity contribution in [3.05, 3.63) is 58.0 Å². The van der Waals surface area contributed by atoms with E-state index in [1.807, 2.05) is 0 Å². The summed E-state index contributed by atoms with van der Waals surface area (Å²) in [6.07, 6.45) is 0. The molecule has 1 heterocycles. The molecule has 22 heavy (non-hydrogen) atoms. The van der Waals surface area contributed by atoms with Crippen molar-refractivity contribution >= 4 is 51.4 Å². The van der Waals surface area contributed by atoms with Crippen LogP contribution in [-0.4, -0.2) is 16.1 Å². The summed E-state index contributed by atoms with van der Waals surface area (Å²) in [6, 6.07) is 9.13. The molecule has 0 fully saturated rings. The number of fused-ring (bicyclic) bond motifs is 1. The lowest BCUT2D eigenvalue weighted by molar-refractivity contribution is 0.0691. The molecule has 0 aliphatic heterocycles. The summed E-state index contributed by atoms with van der Waals surface area (Å²) in [6.45, 7) is 0. The molecule has 0 atom stereocenters. The molecule has 0 aliphatic rings. The predicted octanol–water partition coefficient (Wildman–Crippen LogP) is 5.06. The van der Waals surface area contributed by atoms with E-state index < -0.39 is 11.8 Å². The fraction of sp³-hybridized carbons (Fsp3) is 0. The SMILES string of the molecule is O=C(O)c1cc2c(Nc3ccc(Cl)c(Cl)c3)ccc(F)c2[nH]1. The van der Waals surface area contributed by atoms with Crippen LogP contribution in [-0.2, 0) is 0 Å². The van der Waals surface area contributed by atoms with Crippen molar-refractivity contribution in [3.63, 3.8) is 0 Å². The van der Waals surface area contributed by atoms with E-state index in [1.54, 1.807) is 18.2 Å². The van der Waals surface area contributed by atoms with Gasteiger partial charge in [-0.2, -0.15) is 0 Å². The Morgan fingerprint density at radius 3 is 2.59 bits per heavy atom. The molecule has 3 rings (SSSR count). The number of aromatic nitrogens is 1. The summed E-state index contributed by atoms with van der Waals surface area (Å²) >= 11 is 11.8. The van der Waals surface area contributed by atoms with Crippen LogP contribution in [0.15, 0.2) is 36.4 Å². The third kappa shape index (κ3) is 2.61. The monoisotopic (exact) mass is 338 g/mol. The molecule has 3 N–H and O–H groups in total. The van der Waals surface area contributed by atoms with Crippen molar-refractivity contribution < 1.29 is 14.3 Å². The molecule has 4 nitrogen and oxygen atoms in total. The predicted molar refractivity (Wildman–Crippen MR) is 85.0 cm³/mol. The normalized spacial score (nSPS) is 10.9. The van der Waals surface area contributed by atoms with Crippen LogP contribution >= 0.6 is 23.2 Å². The first-order valence-corrected chi connectivity index (χ1v) is 6.98. The molecule has 0 saturated heterocycles. The first-order chi connectivity index (χ1) is 10.5. The Kier molecular flexibility index (Phi) is 3.68. The van der Waals surface area contributed by atoms with Crippen LogP contribution in [0.5, 0.6) is 0 Å². The molecule has 0 aliphatic carbocycles. The first kappa shape index (κ1) is 14.7. The molecule has 1 aromatic heterocycles. The second kappa shape index (κ2) is 5.51. The second-order valence-corrected chi connectivity index (χ2v) is 5.44. The minimum Gasteiger partial charge on any atom is -0.477 e. The van der Waals surface area contributed by atoms with Gasteiger partial charge >= 0.3 is 5.97 Å². The summed E-state index contributed by atoms with van der Waals surface area (Å²) in [7, 11) is 0. The third-order valence-electron chi connectivity index (χ3n) is 3.17. The van der Waals surface area contributed by atoms with Gasteiger partial charge in [0, 0.05) is 16.8 Å². The average Bonchev–Trinajstić information content (AvgIpc) is 2.92. The van der Waals surface area contributed by atoms with Crippen LogP contribution in [0.1, 0.15) is 10.5 Å². The third-order valence-corrected chi connectivity index (χ3v) is 3.91. The maximum absolute atomic E-state index is 13.8. The van der Waals surface area contributed by atoms with Crippen LogP contribution in [0, 0.1) is 5.82 Å². The van der Waals surface area contributed by atoms with Crippen molar-refractivity contribution in [1.29, 1.82) is 0 Å². The smallest absolute Gasteiger partial charge is 0.352 e. The van der Waals surface area contributed by atoms with Gasteiger partial charge in [0.05, 0.1) is 15.6 Å². The molecule has 112 valence electrons. The molecule has 0 amide bonds. The Labute approximate surface area is 134 Å². The summed E-state index contributed by atoms with van der Waals surface area (Å²) in [4.78, 5) is 13.6. The van der Waals surface area contributed by atoms with E-state index in [4.69, 9.17) is 28.3 Å². The van der Waals surface area contributed by atoms with Crippen LogP contribution in [0.2, 0.25) is 10.0 Å². The fourth-order valence-corrected chi connectivity index (χ4v) is 2.44. The van der Waals surface area contributed by atoms with E-state index in [0.717, 1.165) is 0 Å². The Hall–Kier alpha value is -2.24. The number of anilines is 2. The molecule has 0 unspecified atom stereocenters. The van der Waals surface area contributed by atoms with Gasteiger partial charge in [-0.25, -0.2) is 9.18 Å². The zero-order valence-electron chi connectivity index (χ0n) is 11.0. The number of hydrogen-bond acceptors (Lipinski definition) is 2. The number of H-pyrrole nitrogens is 1. The highest BCUT2D eigenvalue weighted by Gasteiger charge is 2.14. The van der Waals surface area contributed by atoms with Crippen molar-refractivity contribution in [2.24, 2.45) is 0 Å². The molecular formula is C15H9Cl2FN2O2. The number of halogens is 3. The minimum absolute atomic E-state index is 0.0858. The summed E-state index contributed by atoms with van der Waals surface area (Å²) in [5.74, 6) is -1.68. The largest absolute Gasteiger partial charge is 0.477 e. The number of carboxylic acid groups (broad SMARTS) is 1. The van der Waals surface area contributed by atoms with Gasteiger partial charge in [0.15, 0.2) is 0 Å². The van der Waals surface area contributed by atoms with E-state index in [9.17, 15) is 9.18 Å². The van der Waals surface area contributed by atoms with Crippen molar-refractivity contribution in [2.75, 3.05) is 5.32 Å². The number of benzene rings is 2. The molecule has 7 heteroatoms. The van der Waals surface area contributed by atoms with E-state index in [1.165, 1.54) is 18.2 Å². The van der Waals surface area contributed by atoms with E-state index >= 15 is 0 Å². The number of carboxylic acids is 1. The summed E-state index contributed by atoms with van der Waals surface area (Å²) in [5, 5.41) is 13.3. The lowest BCUT2D eigenvalue weighted by Crippen LogP contribution is -1.95. The fourth-order valence-electron chi connectivity index (χ4n) is 2.14. The molecule has 0 radical (unpaired) electrons. The van der Waals surface area contributed by atoms with Gasteiger partial charge in [-0.3, -0.25) is 0 Å². The minimum atomic E-state index is -1.16. The topological polar surface area (TPSA) is 65.1 Å². The van der Waals surface area contributed by atoms with Crippen molar-refractivity contribution in [3.8, 4) is 0 Å². The molecule has 0 spiro atoms. The van der Waals surface area contributed by atoms with Gasteiger partial charge in [0.2, 0.25) is 0 Å². The van der Waals surface area contributed by atoms with Crippen LogP contribution in [0.25, 0.3) is 10.9 Å². The van der Waals surface area contributed by atoms with E-state index in [-0.39, 0.29) is 11.2 Å². The number of aromatic amines is 1. The number of carbonyl (C=O) groups is 1. The summed E-state index contributed by atoms with van der Waals surface area (Å²) < 4.78 is 13.8. The van der Waals surface area contributed by atoms with Gasteiger partial charge in [-0.15, -0.1) is 0 Å². The molecular weight excluding hydrogens is 330 g/mol. The van der Waals surface area contributed by atoms with Gasteiger partial charge in [0.1, 0.15) is 11.5 Å². The van der Waals surface area contributed by atoms with Gasteiger partial charge < -0.3 is 15.4 Å². The lowest BCUT2D eigenvalue weighted by Gasteiger charge is -2.09. The van der Waals surface area contributed by atoms with Gasteiger partial charge in [-0.1, -0.05) is 23.2 Å². The average molecular weight is 339 g/mol. The highest BCUT2D eigenvalue weighted by Crippen LogP contribution is 2.31. The maximum Gasteiger partial charge on any atom is 0.352 e. The van der Waals surface area contributed by atoms with Gasteiger partial charge in [0.25, 0.3) is 0 Å². The van der Waals surface area contributed by atoms with Crippen LogP contribution < -0.4 is 5.32 Å². The van der Waals surface area contributed by atoms with Gasteiger partial charge in [-0.05, 0) is 36.4 Å². The molecule has 0 saturated carbocycles. The number of hydrogen-bond donors (Lipinski definition) is 3. The summed E-state index contributed by atoms with van der Waals surface area (Å²) in [5.41, 5.74) is 1.25. The Morgan fingerprint density at radius 2 is 1.91 bits per heavy atom. The number of aromatic carboxylic acids is 1. The Morgan fingerprint density at radius 1 is 1.14 bits per heavy atom. The molecule has 3 aromatic rings. The second-order valence-electron chi connectivity index (χ2n) is 4.63. The Balaban J connectivity index is 2.08. The van der Waals surface area contributed by atoms with Crippen LogP contribution in [0.4, 0.5) is 15.8 Å². The maximum atomic E-state index is 13.8. The first-order valence-electron chi connectivity index (χ1n) is 6.22. The van der Waals surface area contributed by atoms with E-state index in [0.29, 0.717) is 26.8 Å². The zero-order valence-corrected chi connectivity index (χ0v) is 12.5. The highest BCUT2D eigenvalue weighted by atomic mass is 35.5. The standard InChI is InChI=1S/C15H9Cl2FN2O2/c16-9-2-1-7(5-10(9)17)19-12-4-3-11(18)14-8(12)6-13(20-14)15(21)22/h1-6,19-20H,(H,21,22). The zero-order chi connectivity index (χ0) is 15.9. The lowest BCUT2D eigenvalue weighted by atomic mass is 10.2. The van der Waals surface area contributed by atoms with Crippen molar-refractivity contribution in [2.45, 2.75) is 0 Å². The number of nitrogens with one attached hydrogen (secondary N) is 2. The van der Waals surface area contributed by atoms with Crippen LogP contribution in [0.3, 0.4) is 0 Å². The number of rotatable bonds is 3. The Bertz CT molecular complexity index is 893. The highest BCUT2D eigenvalue weighted by molar-refractivity contribution is 6.42. The molecule has 0 bridgehead atoms. The molecule has 2 aromatic carbocycles. The quantitative estimate of drug-likeness (QED) is 0.625. The van der Waals surface area contributed by atoms with E-state index in [2.05, 4.69) is 10.3 Å².